The average molecular weight is 217 g/mol. The van der Waals surface area contributed by atoms with Crippen molar-refractivity contribution in [3.8, 4) is 0 Å². The fourth-order valence-corrected chi connectivity index (χ4v) is 1.21. The fourth-order valence-electron chi connectivity index (χ4n) is 1.21. The number of rotatable bonds is 3. The molecule has 0 amide bonds. The van der Waals surface area contributed by atoms with Gasteiger partial charge in [0.05, 0.1) is 6.42 Å². The summed E-state index contributed by atoms with van der Waals surface area (Å²) in [7, 11) is 0. The van der Waals surface area contributed by atoms with Crippen molar-refractivity contribution in [2.45, 2.75) is 31.2 Å². The Labute approximate surface area is 86.9 Å². The number of nitrogens with two attached hydrogens (primary N) is 3. The van der Waals surface area contributed by atoms with Gasteiger partial charge in [-0.25, -0.2) is 0 Å². The third-order valence-electron chi connectivity index (χ3n) is 1.98. The van der Waals surface area contributed by atoms with Crippen molar-refractivity contribution in [1.82, 2.24) is 0 Å². The van der Waals surface area contributed by atoms with E-state index in [-0.39, 0.29) is 12.8 Å². The van der Waals surface area contributed by atoms with E-state index in [0.29, 0.717) is 13.0 Å². The Morgan fingerprint density at radius 1 is 1.40 bits per heavy atom. The zero-order chi connectivity index (χ0) is 11.5. The zero-order valence-electron chi connectivity index (χ0n) is 8.27. The van der Waals surface area contributed by atoms with Gasteiger partial charge in [-0.1, -0.05) is 0 Å². The highest BCUT2D eigenvalue weighted by Crippen LogP contribution is 2.19. The van der Waals surface area contributed by atoms with Gasteiger partial charge in [-0.05, 0) is 13.0 Å². The first-order valence-electron chi connectivity index (χ1n) is 4.66. The molecule has 86 valence electrons. The Morgan fingerprint density at radius 2 is 2.07 bits per heavy atom. The Balaban J connectivity index is 2.71. The number of carbonyl (C=O) groups is 2. The van der Waals surface area contributed by atoms with Crippen LogP contribution in [0.1, 0.15) is 19.3 Å². The van der Waals surface area contributed by atoms with E-state index in [1.165, 1.54) is 0 Å². The maximum absolute atomic E-state index is 11.2. The molecule has 7 nitrogen and oxygen atoms in total. The van der Waals surface area contributed by atoms with Crippen LogP contribution in [0.4, 0.5) is 0 Å². The number of cyclic esters (lactones) is 2. The van der Waals surface area contributed by atoms with Gasteiger partial charge in [0.2, 0.25) is 0 Å². The smallest absolute Gasteiger partial charge is 0.327 e. The summed E-state index contributed by atoms with van der Waals surface area (Å²) >= 11 is 0. The molecule has 1 heterocycles. The molecule has 1 aliphatic rings. The lowest BCUT2D eigenvalue weighted by atomic mass is 10.2. The van der Waals surface area contributed by atoms with Gasteiger partial charge >= 0.3 is 17.8 Å². The monoisotopic (exact) mass is 217 g/mol. The standard InChI is InChI=1S/C8H15N3O4/c9-3-1-2-8(11)14-6(12)4-5(10)7(13)15-8/h5H,1-4,9-11H2. The van der Waals surface area contributed by atoms with Gasteiger partial charge in [0.25, 0.3) is 0 Å². The van der Waals surface area contributed by atoms with Gasteiger partial charge in [0.1, 0.15) is 6.04 Å². The highest BCUT2D eigenvalue weighted by Gasteiger charge is 2.39. The molecule has 2 atom stereocenters. The Kier molecular flexibility index (Phi) is 3.61. The highest BCUT2D eigenvalue weighted by atomic mass is 16.7. The minimum absolute atomic E-state index is 0.160. The Morgan fingerprint density at radius 3 is 2.67 bits per heavy atom. The van der Waals surface area contributed by atoms with Crippen molar-refractivity contribution in [3.63, 3.8) is 0 Å². The minimum atomic E-state index is -1.72. The molecule has 0 aliphatic carbocycles. The van der Waals surface area contributed by atoms with Crippen LogP contribution in [-0.4, -0.2) is 30.4 Å². The van der Waals surface area contributed by atoms with Crippen molar-refractivity contribution < 1.29 is 19.1 Å². The van der Waals surface area contributed by atoms with Crippen molar-refractivity contribution >= 4 is 11.9 Å². The van der Waals surface area contributed by atoms with E-state index in [4.69, 9.17) is 26.7 Å². The lowest BCUT2D eigenvalue weighted by molar-refractivity contribution is -0.222. The van der Waals surface area contributed by atoms with Gasteiger partial charge in [-0.3, -0.25) is 15.3 Å². The van der Waals surface area contributed by atoms with Crippen molar-refractivity contribution in [1.29, 1.82) is 0 Å². The Hall–Kier alpha value is -1.18. The third kappa shape index (κ3) is 3.15. The van der Waals surface area contributed by atoms with Crippen LogP contribution >= 0.6 is 0 Å². The molecule has 0 aromatic carbocycles. The van der Waals surface area contributed by atoms with Gasteiger partial charge in [-0.15, -0.1) is 0 Å². The SMILES string of the molecule is NCCCC1(N)OC(=O)CC(N)C(=O)O1. The van der Waals surface area contributed by atoms with E-state index in [9.17, 15) is 9.59 Å². The van der Waals surface area contributed by atoms with E-state index in [1.54, 1.807) is 0 Å². The third-order valence-corrected chi connectivity index (χ3v) is 1.98. The van der Waals surface area contributed by atoms with E-state index < -0.39 is 23.9 Å². The molecule has 1 fully saturated rings. The predicted octanol–water partition coefficient (Wildman–Crippen LogP) is -1.84. The number of hydrogen-bond donors (Lipinski definition) is 3. The lowest BCUT2D eigenvalue weighted by Crippen LogP contribution is -2.48. The number of esters is 2. The molecule has 15 heavy (non-hydrogen) atoms. The quantitative estimate of drug-likeness (QED) is 0.473. The normalized spacial score (nSPS) is 31.8. The predicted molar refractivity (Wildman–Crippen MR) is 50.0 cm³/mol. The van der Waals surface area contributed by atoms with E-state index in [0.717, 1.165) is 0 Å². The van der Waals surface area contributed by atoms with Crippen LogP contribution in [0, 0.1) is 0 Å². The topological polar surface area (TPSA) is 131 Å². The van der Waals surface area contributed by atoms with Crippen LogP contribution in [0.2, 0.25) is 0 Å². The molecule has 1 rings (SSSR count). The second-order valence-electron chi connectivity index (χ2n) is 3.41. The van der Waals surface area contributed by atoms with Crippen LogP contribution in [0.25, 0.3) is 0 Å². The van der Waals surface area contributed by atoms with E-state index >= 15 is 0 Å². The molecule has 7 heteroatoms. The summed E-state index contributed by atoms with van der Waals surface area (Å²) in [6.07, 6.45) is 0.417. The largest absolute Gasteiger partial charge is 0.409 e. The molecule has 2 unspecified atom stereocenters. The molecule has 0 bridgehead atoms. The molecular weight excluding hydrogens is 202 g/mol. The average Bonchev–Trinajstić information content (AvgIpc) is 2.22. The molecule has 0 aromatic rings. The fraction of sp³-hybridized carbons (Fsp3) is 0.750. The van der Waals surface area contributed by atoms with E-state index in [2.05, 4.69) is 0 Å². The second kappa shape index (κ2) is 4.56. The maximum Gasteiger partial charge on any atom is 0.327 e. The van der Waals surface area contributed by atoms with Gasteiger partial charge < -0.3 is 20.9 Å². The van der Waals surface area contributed by atoms with Crippen LogP contribution in [-0.2, 0) is 19.1 Å². The highest BCUT2D eigenvalue weighted by molar-refractivity contribution is 5.84. The number of carbonyl (C=O) groups excluding carboxylic acids is 2. The first-order valence-corrected chi connectivity index (χ1v) is 4.66. The summed E-state index contributed by atoms with van der Waals surface area (Å²) in [5.41, 5.74) is 16.2. The molecule has 0 saturated carbocycles. The van der Waals surface area contributed by atoms with Gasteiger partial charge in [-0.2, -0.15) is 0 Å². The first kappa shape index (κ1) is 11.9. The first-order chi connectivity index (χ1) is 6.97. The van der Waals surface area contributed by atoms with Crippen LogP contribution in [0.15, 0.2) is 0 Å². The second-order valence-corrected chi connectivity index (χ2v) is 3.41. The summed E-state index contributed by atoms with van der Waals surface area (Å²) in [6.45, 7) is 0.361. The van der Waals surface area contributed by atoms with Gasteiger partial charge in [0, 0.05) is 6.42 Å². The lowest BCUT2D eigenvalue weighted by Gasteiger charge is -2.26. The van der Waals surface area contributed by atoms with Crippen LogP contribution in [0.3, 0.4) is 0 Å². The summed E-state index contributed by atoms with van der Waals surface area (Å²) in [4.78, 5) is 22.4. The van der Waals surface area contributed by atoms with Crippen molar-refractivity contribution in [2.75, 3.05) is 6.54 Å². The van der Waals surface area contributed by atoms with Gasteiger partial charge in [0.15, 0.2) is 0 Å². The van der Waals surface area contributed by atoms with E-state index in [1.807, 2.05) is 0 Å². The van der Waals surface area contributed by atoms with Crippen molar-refractivity contribution in [2.24, 2.45) is 17.2 Å². The van der Waals surface area contributed by atoms with Crippen LogP contribution < -0.4 is 17.2 Å². The summed E-state index contributed by atoms with van der Waals surface area (Å²) in [5.74, 6) is -3.10. The number of ether oxygens (including phenoxy) is 2. The summed E-state index contributed by atoms with van der Waals surface area (Å²) in [6, 6.07) is -1.01. The molecular formula is C8H15N3O4. The van der Waals surface area contributed by atoms with Crippen LogP contribution in [0.5, 0.6) is 0 Å². The molecule has 6 N–H and O–H groups in total. The molecule has 0 spiro atoms. The molecule has 0 aromatic heterocycles. The Bertz CT molecular complexity index is 271. The molecule has 1 saturated heterocycles. The van der Waals surface area contributed by atoms with Crippen molar-refractivity contribution in [3.05, 3.63) is 0 Å². The number of hydrogen-bond acceptors (Lipinski definition) is 7. The summed E-state index contributed by atoms with van der Waals surface area (Å²) in [5, 5.41) is 0. The molecule has 0 radical (unpaired) electrons. The minimum Gasteiger partial charge on any atom is -0.409 e. The maximum atomic E-state index is 11.2. The molecule has 1 aliphatic heterocycles. The zero-order valence-corrected chi connectivity index (χ0v) is 8.27. The summed E-state index contributed by atoms with van der Waals surface area (Å²) < 4.78 is 9.60.